The van der Waals surface area contributed by atoms with E-state index in [1.165, 1.54) is 19.3 Å². The lowest BCUT2D eigenvalue weighted by Gasteiger charge is -2.40. The first kappa shape index (κ1) is 13.8. The molecule has 0 aliphatic heterocycles. The molecule has 0 aromatic rings. The molecule has 0 spiro atoms. The first-order valence-electron chi connectivity index (χ1n) is 7.08. The first-order chi connectivity index (χ1) is 8.43. The number of nitrogens with one attached hydrogen (secondary N) is 1. The van der Waals surface area contributed by atoms with Gasteiger partial charge in [0.05, 0.1) is 11.5 Å². The van der Waals surface area contributed by atoms with Crippen molar-refractivity contribution in [2.75, 3.05) is 13.1 Å². The number of aliphatic hydroxyl groups is 1. The quantitative estimate of drug-likeness (QED) is 0.700. The maximum atomic E-state index is 10.9. The van der Waals surface area contributed by atoms with Crippen LogP contribution in [0.15, 0.2) is 0 Å². The number of hydrogen-bond donors (Lipinski definition) is 3. The van der Waals surface area contributed by atoms with E-state index in [1.807, 2.05) is 0 Å². The number of carboxylic acid groups (broad SMARTS) is 1. The van der Waals surface area contributed by atoms with Crippen LogP contribution in [0.25, 0.3) is 0 Å². The molecule has 0 unspecified atom stereocenters. The maximum Gasteiger partial charge on any atom is 0.306 e. The third-order valence-electron chi connectivity index (χ3n) is 4.83. The number of rotatable bonds is 5. The summed E-state index contributed by atoms with van der Waals surface area (Å²) in [5, 5.41) is 22.7. The molecule has 0 aromatic heterocycles. The van der Waals surface area contributed by atoms with Crippen molar-refractivity contribution < 1.29 is 15.0 Å². The fourth-order valence-electron chi connectivity index (χ4n) is 3.13. The zero-order valence-corrected chi connectivity index (χ0v) is 11.2. The standard InChI is InChI=1S/C14H25NO3/c1-13(5-2-6-13)9-15-10-14(18)7-3-11(4-8-14)12(16)17/h11,15,18H,2-10H2,1H3,(H,16,17). The Morgan fingerprint density at radius 1 is 1.22 bits per heavy atom. The van der Waals surface area contributed by atoms with E-state index in [1.54, 1.807) is 0 Å². The van der Waals surface area contributed by atoms with Gasteiger partial charge in [0.2, 0.25) is 0 Å². The van der Waals surface area contributed by atoms with E-state index in [2.05, 4.69) is 12.2 Å². The van der Waals surface area contributed by atoms with Crippen LogP contribution in [0.1, 0.15) is 51.9 Å². The number of carboxylic acids is 1. The molecule has 0 heterocycles. The van der Waals surface area contributed by atoms with E-state index < -0.39 is 11.6 Å². The van der Waals surface area contributed by atoms with Crippen LogP contribution < -0.4 is 5.32 Å². The van der Waals surface area contributed by atoms with E-state index in [0.717, 1.165) is 6.54 Å². The molecule has 104 valence electrons. The van der Waals surface area contributed by atoms with Crippen LogP contribution in [0.4, 0.5) is 0 Å². The summed E-state index contributed by atoms with van der Waals surface area (Å²) in [6.07, 6.45) is 6.29. The van der Waals surface area contributed by atoms with Crippen molar-refractivity contribution in [1.82, 2.24) is 5.32 Å². The summed E-state index contributed by atoms with van der Waals surface area (Å²) in [6, 6.07) is 0. The van der Waals surface area contributed by atoms with Crippen LogP contribution in [-0.4, -0.2) is 34.9 Å². The highest BCUT2D eigenvalue weighted by molar-refractivity contribution is 5.70. The second-order valence-corrected chi connectivity index (χ2v) is 6.60. The Morgan fingerprint density at radius 3 is 2.28 bits per heavy atom. The molecule has 2 rings (SSSR count). The van der Waals surface area contributed by atoms with Gasteiger partial charge in [-0.2, -0.15) is 0 Å². The van der Waals surface area contributed by atoms with E-state index in [4.69, 9.17) is 5.11 Å². The molecule has 4 nitrogen and oxygen atoms in total. The van der Waals surface area contributed by atoms with Gasteiger partial charge in [0.15, 0.2) is 0 Å². The average molecular weight is 255 g/mol. The van der Waals surface area contributed by atoms with Crippen molar-refractivity contribution in [3.63, 3.8) is 0 Å². The molecule has 0 radical (unpaired) electrons. The highest BCUT2D eigenvalue weighted by Crippen LogP contribution is 2.39. The molecule has 2 saturated carbocycles. The van der Waals surface area contributed by atoms with Crippen LogP contribution in [0.3, 0.4) is 0 Å². The van der Waals surface area contributed by atoms with Crippen molar-refractivity contribution in [3.05, 3.63) is 0 Å². The minimum absolute atomic E-state index is 0.255. The fourth-order valence-corrected chi connectivity index (χ4v) is 3.13. The van der Waals surface area contributed by atoms with Crippen LogP contribution in [-0.2, 0) is 4.79 Å². The smallest absolute Gasteiger partial charge is 0.306 e. The second-order valence-electron chi connectivity index (χ2n) is 6.60. The number of carbonyl (C=O) groups is 1. The number of aliphatic carboxylic acids is 1. The van der Waals surface area contributed by atoms with Crippen LogP contribution in [0, 0.1) is 11.3 Å². The lowest BCUT2D eigenvalue weighted by atomic mass is 9.70. The molecule has 0 atom stereocenters. The van der Waals surface area contributed by atoms with Crippen LogP contribution in [0.2, 0.25) is 0 Å². The molecule has 4 heteroatoms. The monoisotopic (exact) mass is 255 g/mol. The minimum atomic E-state index is -0.716. The third kappa shape index (κ3) is 3.23. The molecule has 2 fully saturated rings. The topological polar surface area (TPSA) is 69.6 Å². The van der Waals surface area contributed by atoms with Gasteiger partial charge in [0.25, 0.3) is 0 Å². The van der Waals surface area contributed by atoms with Crippen molar-refractivity contribution in [2.45, 2.75) is 57.5 Å². The van der Waals surface area contributed by atoms with Gasteiger partial charge in [-0.25, -0.2) is 0 Å². The zero-order chi connectivity index (χ0) is 13.2. The van der Waals surface area contributed by atoms with E-state index in [9.17, 15) is 9.90 Å². The van der Waals surface area contributed by atoms with Crippen LogP contribution in [0.5, 0.6) is 0 Å². The Kier molecular flexibility index (Phi) is 3.97. The first-order valence-corrected chi connectivity index (χ1v) is 7.08. The minimum Gasteiger partial charge on any atom is -0.481 e. The van der Waals surface area contributed by atoms with Crippen molar-refractivity contribution in [1.29, 1.82) is 0 Å². The summed E-state index contributed by atoms with van der Waals surface area (Å²) in [7, 11) is 0. The Labute approximate surface area is 109 Å². The van der Waals surface area contributed by atoms with Gasteiger partial charge < -0.3 is 15.5 Å². The third-order valence-corrected chi connectivity index (χ3v) is 4.83. The summed E-state index contributed by atoms with van der Waals surface area (Å²) in [6.45, 7) is 3.86. The highest BCUT2D eigenvalue weighted by Gasteiger charge is 2.37. The Balaban J connectivity index is 1.70. The summed E-state index contributed by atoms with van der Waals surface area (Å²) < 4.78 is 0. The summed E-state index contributed by atoms with van der Waals surface area (Å²) in [5.41, 5.74) is -0.263. The Bertz CT molecular complexity index is 304. The Hall–Kier alpha value is -0.610. The molecule has 2 aliphatic carbocycles. The van der Waals surface area contributed by atoms with Gasteiger partial charge >= 0.3 is 5.97 Å². The zero-order valence-electron chi connectivity index (χ0n) is 11.2. The second kappa shape index (κ2) is 5.17. The summed E-state index contributed by atoms with van der Waals surface area (Å²) >= 11 is 0. The molecule has 0 amide bonds. The van der Waals surface area contributed by atoms with Gasteiger partial charge in [-0.05, 0) is 43.9 Å². The molecule has 2 aliphatic rings. The van der Waals surface area contributed by atoms with Crippen molar-refractivity contribution in [3.8, 4) is 0 Å². The van der Waals surface area contributed by atoms with E-state index in [0.29, 0.717) is 37.6 Å². The predicted molar refractivity (Wildman–Crippen MR) is 69.4 cm³/mol. The summed E-state index contributed by atoms with van der Waals surface area (Å²) in [4.78, 5) is 10.9. The molecule has 0 aromatic carbocycles. The highest BCUT2D eigenvalue weighted by atomic mass is 16.4. The summed E-state index contributed by atoms with van der Waals surface area (Å²) in [5.74, 6) is -0.971. The van der Waals surface area contributed by atoms with Gasteiger partial charge in [0, 0.05) is 13.1 Å². The fraction of sp³-hybridized carbons (Fsp3) is 0.929. The van der Waals surface area contributed by atoms with E-state index in [-0.39, 0.29) is 5.92 Å². The van der Waals surface area contributed by atoms with Crippen molar-refractivity contribution >= 4 is 5.97 Å². The molecular weight excluding hydrogens is 230 g/mol. The lowest BCUT2D eigenvalue weighted by Crippen LogP contribution is -2.47. The van der Waals surface area contributed by atoms with Crippen LogP contribution >= 0.6 is 0 Å². The lowest BCUT2D eigenvalue weighted by molar-refractivity contribution is -0.144. The molecule has 0 bridgehead atoms. The largest absolute Gasteiger partial charge is 0.481 e. The Morgan fingerprint density at radius 2 is 1.83 bits per heavy atom. The van der Waals surface area contributed by atoms with E-state index >= 15 is 0 Å². The SMILES string of the molecule is CC1(CNCC2(O)CCC(C(=O)O)CC2)CCC1. The van der Waals surface area contributed by atoms with Gasteiger partial charge in [-0.1, -0.05) is 13.3 Å². The van der Waals surface area contributed by atoms with Gasteiger partial charge in [-0.15, -0.1) is 0 Å². The van der Waals surface area contributed by atoms with Crippen molar-refractivity contribution in [2.24, 2.45) is 11.3 Å². The van der Waals surface area contributed by atoms with Gasteiger partial charge in [0.1, 0.15) is 0 Å². The molecular formula is C14H25NO3. The molecule has 18 heavy (non-hydrogen) atoms. The normalized spacial score (nSPS) is 34.9. The maximum absolute atomic E-state index is 10.9. The molecule has 0 saturated heterocycles. The molecule has 3 N–H and O–H groups in total. The average Bonchev–Trinajstić information content (AvgIpc) is 2.27. The van der Waals surface area contributed by atoms with Gasteiger partial charge in [-0.3, -0.25) is 4.79 Å². The number of hydrogen-bond acceptors (Lipinski definition) is 3. The predicted octanol–water partition coefficient (Wildman–Crippen LogP) is 1.77.